The molecule has 3 N–H and O–H groups in total. The van der Waals surface area contributed by atoms with E-state index in [9.17, 15) is 4.79 Å². The Hall–Kier alpha value is -1.66. The molecule has 1 aromatic rings. The number of hydrazine groups is 1. The molecule has 0 saturated carbocycles. The summed E-state index contributed by atoms with van der Waals surface area (Å²) in [6, 6.07) is 3.51. The summed E-state index contributed by atoms with van der Waals surface area (Å²) in [5, 5.41) is 0. The smallest absolute Gasteiger partial charge is 0.258 e. The van der Waals surface area contributed by atoms with Crippen molar-refractivity contribution in [2.24, 2.45) is 5.84 Å². The fourth-order valence-corrected chi connectivity index (χ4v) is 1.88. The van der Waals surface area contributed by atoms with Crippen molar-refractivity contribution < 1.29 is 9.53 Å². The number of hydrogen-bond donors (Lipinski definition) is 2. The molecular formula is C11H16N4O2. The number of aromatic nitrogens is 1. The van der Waals surface area contributed by atoms with E-state index >= 15 is 0 Å². The topological polar surface area (TPSA) is 80.5 Å². The maximum Gasteiger partial charge on any atom is 0.258 e. The molecular weight excluding hydrogens is 220 g/mol. The highest BCUT2D eigenvalue weighted by Crippen LogP contribution is 2.16. The fourth-order valence-electron chi connectivity index (χ4n) is 1.88. The Morgan fingerprint density at radius 1 is 1.71 bits per heavy atom. The SMILES string of the molecule is CC1COCCN1C(=O)c1cccnc1NN. The van der Waals surface area contributed by atoms with Crippen LogP contribution in [-0.4, -0.2) is 41.6 Å². The monoisotopic (exact) mass is 236 g/mol. The van der Waals surface area contributed by atoms with Crippen LogP contribution in [0.15, 0.2) is 18.3 Å². The van der Waals surface area contributed by atoms with Gasteiger partial charge in [0.15, 0.2) is 5.82 Å². The zero-order valence-electron chi connectivity index (χ0n) is 9.72. The molecule has 2 rings (SSSR count). The first kappa shape index (κ1) is 11.8. The molecule has 92 valence electrons. The van der Waals surface area contributed by atoms with Crippen LogP contribution >= 0.6 is 0 Å². The molecule has 1 aromatic heterocycles. The van der Waals surface area contributed by atoms with Crippen LogP contribution < -0.4 is 11.3 Å². The molecule has 0 aromatic carbocycles. The Bertz CT molecular complexity index is 410. The van der Waals surface area contributed by atoms with Gasteiger partial charge in [0.25, 0.3) is 5.91 Å². The lowest BCUT2D eigenvalue weighted by atomic mass is 10.1. The fraction of sp³-hybridized carbons (Fsp3) is 0.455. The number of anilines is 1. The number of nitrogens with zero attached hydrogens (tertiary/aromatic N) is 2. The number of pyridine rings is 1. The molecule has 1 amide bonds. The van der Waals surface area contributed by atoms with Gasteiger partial charge in [-0.15, -0.1) is 0 Å². The number of nitrogens with two attached hydrogens (primary N) is 1. The number of morpholine rings is 1. The zero-order valence-corrected chi connectivity index (χ0v) is 9.72. The van der Waals surface area contributed by atoms with Gasteiger partial charge in [-0.25, -0.2) is 10.8 Å². The Balaban J connectivity index is 2.23. The van der Waals surface area contributed by atoms with Gasteiger partial charge in [-0.3, -0.25) is 4.79 Å². The number of nitrogen functional groups attached to an aromatic ring is 1. The van der Waals surface area contributed by atoms with Gasteiger partial charge < -0.3 is 15.1 Å². The van der Waals surface area contributed by atoms with Gasteiger partial charge in [-0.2, -0.15) is 0 Å². The van der Waals surface area contributed by atoms with Crippen molar-refractivity contribution in [1.82, 2.24) is 9.88 Å². The Morgan fingerprint density at radius 3 is 3.24 bits per heavy atom. The first-order valence-corrected chi connectivity index (χ1v) is 5.54. The van der Waals surface area contributed by atoms with E-state index < -0.39 is 0 Å². The summed E-state index contributed by atoms with van der Waals surface area (Å²) in [5.74, 6) is 5.68. The number of ether oxygens (including phenoxy) is 1. The minimum atomic E-state index is -0.0677. The van der Waals surface area contributed by atoms with E-state index in [0.29, 0.717) is 31.1 Å². The first-order chi connectivity index (χ1) is 8.24. The van der Waals surface area contributed by atoms with E-state index in [-0.39, 0.29) is 11.9 Å². The first-order valence-electron chi connectivity index (χ1n) is 5.54. The molecule has 1 aliphatic heterocycles. The highest BCUT2D eigenvalue weighted by atomic mass is 16.5. The van der Waals surface area contributed by atoms with Crippen molar-refractivity contribution in [3.05, 3.63) is 23.9 Å². The number of hydrogen-bond acceptors (Lipinski definition) is 5. The van der Waals surface area contributed by atoms with Crippen molar-refractivity contribution in [1.29, 1.82) is 0 Å². The molecule has 1 fully saturated rings. The van der Waals surface area contributed by atoms with Crippen LogP contribution in [0, 0.1) is 0 Å². The van der Waals surface area contributed by atoms with Crippen LogP contribution in [0.5, 0.6) is 0 Å². The molecule has 2 heterocycles. The average Bonchev–Trinajstić information content (AvgIpc) is 2.38. The lowest BCUT2D eigenvalue weighted by Crippen LogP contribution is -2.47. The van der Waals surface area contributed by atoms with Crippen molar-refractivity contribution in [2.75, 3.05) is 25.2 Å². The van der Waals surface area contributed by atoms with Gasteiger partial charge in [-0.1, -0.05) is 0 Å². The van der Waals surface area contributed by atoms with Gasteiger partial charge in [0.05, 0.1) is 24.8 Å². The minimum absolute atomic E-state index is 0.0677. The normalized spacial score (nSPS) is 20.1. The van der Waals surface area contributed by atoms with Gasteiger partial charge in [-0.05, 0) is 19.1 Å². The summed E-state index contributed by atoms with van der Waals surface area (Å²) >= 11 is 0. The van der Waals surface area contributed by atoms with Crippen LogP contribution in [-0.2, 0) is 4.74 Å². The molecule has 17 heavy (non-hydrogen) atoms. The Morgan fingerprint density at radius 2 is 2.53 bits per heavy atom. The maximum atomic E-state index is 12.3. The second-order valence-electron chi connectivity index (χ2n) is 3.97. The maximum absolute atomic E-state index is 12.3. The van der Waals surface area contributed by atoms with Crippen LogP contribution in [0.2, 0.25) is 0 Å². The summed E-state index contributed by atoms with van der Waals surface area (Å²) in [5.41, 5.74) is 2.93. The highest BCUT2D eigenvalue weighted by Gasteiger charge is 2.26. The summed E-state index contributed by atoms with van der Waals surface area (Å²) in [4.78, 5) is 18.1. The molecule has 1 aliphatic rings. The predicted octanol–water partition coefficient (Wildman–Crippen LogP) is 0.228. The van der Waals surface area contributed by atoms with E-state index in [1.165, 1.54) is 0 Å². The molecule has 0 radical (unpaired) electrons. The Labute approximate surface area is 99.7 Å². The number of carbonyl (C=O) groups excluding carboxylic acids is 1. The van der Waals surface area contributed by atoms with E-state index in [4.69, 9.17) is 10.6 Å². The molecule has 6 heteroatoms. The number of nitrogens with one attached hydrogen (secondary N) is 1. The second-order valence-corrected chi connectivity index (χ2v) is 3.97. The number of amides is 1. The standard InChI is InChI=1S/C11H16N4O2/c1-8-7-17-6-5-15(8)11(16)9-3-2-4-13-10(9)14-12/h2-4,8H,5-7,12H2,1H3,(H,13,14). The van der Waals surface area contributed by atoms with E-state index in [1.807, 2.05) is 6.92 Å². The van der Waals surface area contributed by atoms with E-state index in [0.717, 1.165) is 0 Å². The third-order valence-corrected chi connectivity index (χ3v) is 2.80. The summed E-state index contributed by atoms with van der Waals surface area (Å²) in [6.45, 7) is 3.70. The summed E-state index contributed by atoms with van der Waals surface area (Å²) in [7, 11) is 0. The predicted molar refractivity (Wildman–Crippen MR) is 63.4 cm³/mol. The third kappa shape index (κ3) is 2.37. The summed E-state index contributed by atoms with van der Waals surface area (Å²) in [6.07, 6.45) is 1.59. The van der Waals surface area contributed by atoms with Crippen molar-refractivity contribution in [3.8, 4) is 0 Å². The van der Waals surface area contributed by atoms with Crippen LogP contribution in [0.1, 0.15) is 17.3 Å². The van der Waals surface area contributed by atoms with Crippen LogP contribution in [0.4, 0.5) is 5.82 Å². The van der Waals surface area contributed by atoms with Crippen molar-refractivity contribution >= 4 is 11.7 Å². The molecule has 1 saturated heterocycles. The molecule has 0 aliphatic carbocycles. The second kappa shape index (κ2) is 5.11. The largest absolute Gasteiger partial charge is 0.377 e. The zero-order chi connectivity index (χ0) is 12.3. The quantitative estimate of drug-likeness (QED) is 0.567. The van der Waals surface area contributed by atoms with Gasteiger partial charge in [0, 0.05) is 12.7 Å². The average molecular weight is 236 g/mol. The molecule has 0 spiro atoms. The molecule has 1 atom stereocenters. The summed E-state index contributed by atoms with van der Waals surface area (Å²) < 4.78 is 5.30. The highest BCUT2D eigenvalue weighted by molar-refractivity contribution is 5.98. The van der Waals surface area contributed by atoms with E-state index in [2.05, 4.69) is 10.4 Å². The van der Waals surface area contributed by atoms with Crippen molar-refractivity contribution in [3.63, 3.8) is 0 Å². The van der Waals surface area contributed by atoms with Gasteiger partial charge in [0.1, 0.15) is 0 Å². The van der Waals surface area contributed by atoms with Gasteiger partial charge in [0.2, 0.25) is 0 Å². The molecule has 0 bridgehead atoms. The lowest BCUT2D eigenvalue weighted by molar-refractivity contribution is 0.00363. The molecule has 6 nitrogen and oxygen atoms in total. The van der Waals surface area contributed by atoms with Crippen LogP contribution in [0.25, 0.3) is 0 Å². The van der Waals surface area contributed by atoms with Crippen LogP contribution in [0.3, 0.4) is 0 Å². The lowest BCUT2D eigenvalue weighted by Gasteiger charge is -2.33. The minimum Gasteiger partial charge on any atom is -0.377 e. The Kier molecular flexibility index (Phi) is 3.55. The van der Waals surface area contributed by atoms with Crippen molar-refractivity contribution in [2.45, 2.75) is 13.0 Å². The molecule has 1 unspecified atom stereocenters. The van der Waals surface area contributed by atoms with E-state index in [1.54, 1.807) is 23.2 Å². The number of carbonyl (C=O) groups is 1. The third-order valence-electron chi connectivity index (χ3n) is 2.80. The number of rotatable bonds is 2. The van der Waals surface area contributed by atoms with Gasteiger partial charge >= 0.3 is 0 Å².